The summed E-state index contributed by atoms with van der Waals surface area (Å²) in [5, 5.41) is 2.48. The zero-order valence-corrected chi connectivity index (χ0v) is 23.4. The van der Waals surface area contributed by atoms with Gasteiger partial charge in [0, 0.05) is 39.0 Å². The number of nitrogens with zero attached hydrogens (tertiary/aromatic N) is 2. The molecule has 0 saturated carbocycles. The second kappa shape index (κ2) is 11.1. The van der Waals surface area contributed by atoms with Crippen molar-refractivity contribution in [3.8, 4) is 0 Å². The van der Waals surface area contributed by atoms with E-state index in [-0.39, 0.29) is 37.2 Å². The number of halogens is 5. The zero-order chi connectivity index (χ0) is 30.3. The first-order chi connectivity index (χ1) is 19.0. The van der Waals surface area contributed by atoms with Gasteiger partial charge in [0.15, 0.2) is 0 Å². The predicted octanol–water partition coefficient (Wildman–Crippen LogP) is 5.38. The van der Waals surface area contributed by atoms with Crippen molar-refractivity contribution in [3.05, 3.63) is 70.8 Å². The van der Waals surface area contributed by atoms with Crippen molar-refractivity contribution in [2.24, 2.45) is 10.8 Å². The van der Waals surface area contributed by atoms with Crippen molar-refractivity contribution in [2.45, 2.75) is 58.2 Å². The number of carbonyl (C=O) groups is 3. The smallest absolute Gasteiger partial charge is 0.345 e. The van der Waals surface area contributed by atoms with Gasteiger partial charge < -0.3 is 15.1 Å². The molecule has 0 aliphatic carbocycles. The summed E-state index contributed by atoms with van der Waals surface area (Å²) in [5.41, 5.74) is -2.35. The number of rotatable bonds is 4. The van der Waals surface area contributed by atoms with E-state index in [1.807, 2.05) is 0 Å². The molecule has 2 heterocycles. The first-order valence-corrected chi connectivity index (χ1v) is 13.5. The van der Waals surface area contributed by atoms with Crippen LogP contribution in [0.25, 0.3) is 0 Å². The van der Waals surface area contributed by atoms with E-state index >= 15 is 0 Å². The molecule has 2 aromatic rings. The molecule has 41 heavy (non-hydrogen) atoms. The Labute approximate surface area is 235 Å². The quantitative estimate of drug-likeness (QED) is 0.495. The third-order valence-corrected chi connectivity index (χ3v) is 8.39. The number of hydrogen-bond donors (Lipinski definition) is 1. The predicted molar refractivity (Wildman–Crippen MR) is 142 cm³/mol. The third-order valence-electron chi connectivity index (χ3n) is 8.39. The van der Waals surface area contributed by atoms with Crippen molar-refractivity contribution in [1.29, 1.82) is 0 Å². The number of alkyl halides is 3. The van der Waals surface area contributed by atoms with Gasteiger partial charge in [-0.25, -0.2) is 8.78 Å². The van der Waals surface area contributed by atoms with E-state index in [0.717, 1.165) is 5.56 Å². The highest BCUT2D eigenvalue weighted by molar-refractivity contribution is 5.98. The number of likely N-dealkylation sites (tertiary alicyclic amines) is 2. The lowest BCUT2D eigenvalue weighted by Gasteiger charge is -2.51. The van der Waals surface area contributed by atoms with Gasteiger partial charge >= 0.3 is 6.18 Å². The molecule has 1 spiro atoms. The summed E-state index contributed by atoms with van der Waals surface area (Å²) in [7, 11) is 1.73. The van der Waals surface area contributed by atoms with Crippen LogP contribution in [0.3, 0.4) is 0 Å². The summed E-state index contributed by atoms with van der Waals surface area (Å²) in [6.07, 6.45) is -3.50. The molecule has 2 aliphatic rings. The molecule has 6 nitrogen and oxygen atoms in total. The van der Waals surface area contributed by atoms with Crippen molar-refractivity contribution >= 4 is 17.7 Å². The van der Waals surface area contributed by atoms with E-state index < -0.39 is 51.8 Å². The van der Waals surface area contributed by atoms with Crippen LogP contribution < -0.4 is 5.32 Å². The first-order valence-electron chi connectivity index (χ1n) is 13.5. The molecule has 2 aromatic carbocycles. The van der Waals surface area contributed by atoms with Gasteiger partial charge in [-0.1, -0.05) is 32.9 Å². The Morgan fingerprint density at radius 1 is 1.00 bits per heavy atom. The Bertz CT molecular complexity index is 1310. The largest absolute Gasteiger partial charge is 0.416 e. The van der Waals surface area contributed by atoms with Crippen LogP contribution in [0.2, 0.25) is 0 Å². The van der Waals surface area contributed by atoms with Crippen LogP contribution in [0.5, 0.6) is 0 Å². The molecular formula is C30H34F5N3O3. The van der Waals surface area contributed by atoms with Gasteiger partial charge in [-0.2, -0.15) is 13.2 Å². The molecule has 2 aliphatic heterocycles. The maximum atomic E-state index is 14.4. The van der Waals surface area contributed by atoms with E-state index in [1.54, 1.807) is 49.8 Å². The number of amides is 3. The van der Waals surface area contributed by atoms with E-state index in [4.69, 9.17) is 0 Å². The summed E-state index contributed by atoms with van der Waals surface area (Å²) < 4.78 is 67.6. The summed E-state index contributed by atoms with van der Waals surface area (Å²) in [4.78, 5) is 42.7. The minimum absolute atomic E-state index is 0.00826. The number of benzene rings is 2. The van der Waals surface area contributed by atoms with Crippen LogP contribution in [0.1, 0.15) is 67.4 Å². The second-order valence-corrected chi connectivity index (χ2v) is 12.2. The Morgan fingerprint density at radius 2 is 1.61 bits per heavy atom. The molecular weight excluding hydrogens is 545 g/mol. The fourth-order valence-electron chi connectivity index (χ4n) is 5.90. The Morgan fingerprint density at radius 3 is 2.17 bits per heavy atom. The summed E-state index contributed by atoms with van der Waals surface area (Å²) in [5.74, 6) is -3.12. The first kappa shape index (κ1) is 30.5. The van der Waals surface area contributed by atoms with Crippen molar-refractivity contribution in [3.63, 3.8) is 0 Å². The lowest BCUT2D eigenvalue weighted by atomic mass is 9.62. The molecule has 11 heteroatoms. The number of hydrogen-bond acceptors (Lipinski definition) is 3. The van der Waals surface area contributed by atoms with Crippen molar-refractivity contribution < 1.29 is 36.3 Å². The molecule has 3 amide bonds. The summed E-state index contributed by atoms with van der Waals surface area (Å²) in [6.45, 7) is 6.13. The number of piperidine rings is 2. The van der Waals surface area contributed by atoms with E-state index in [1.165, 1.54) is 12.1 Å². The topological polar surface area (TPSA) is 69.7 Å². The molecule has 1 unspecified atom stereocenters. The van der Waals surface area contributed by atoms with E-state index in [9.17, 15) is 36.3 Å². The van der Waals surface area contributed by atoms with Gasteiger partial charge in [0.1, 0.15) is 17.7 Å². The lowest BCUT2D eigenvalue weighted by Crippen LogP contribution is -2.58. The second-order valence-electron chi connectivity index (χ2n) is 12.2. The molecule has 4 rings (SSSR count). The minimum Gasteiger partial charge on any atom is -0.345 e. The highest BCUT2D eigenvalue weighted by Gasteiger charge is 2.49. The van der Waals surface area contributed by atoms with Crippen LogP contribution >= 0.6 is 0 Å². The lowest BCUT2D eigenvalue weighted by molar-refractivity contribution is -0.144. The normalized spacial score (nSPS) is 20.2. The molecule has 0 aromatic heterocycles. The molecule has 0 bridgehead atoms. The van der Waals surface area contributed by atoms with Crippen LogP contribution in [0, 0.1) is 22.5 Å². The zero-order valence-electron chi connectivity index (χ0n) is 23.4. The van der Waals surface area contributed by atoms with Gasteiger partial charge in [0.2, 0.25) is 11.8 Å². The van der Waals surface area contributed by atoms with Crippen LogP contribution in [-0.2, 0) is 15.8 Å². The molecule has 222 valence electrons. The van der Waals surface area contributed by atoms with Crippen LogP contribution in [0.15, 0.2) is 42.5 Å². The van der Waals surface area contributed by atoms with E-state index in [0.29, 0.717) is 37.6 Å². The standard InChI is InChI=1S/C30H34F5N3O3/c1-28(2,3)25(36-26(40)21-15-19(30(33,34)35)7-10-23(21)32)27(41)38-13-11-29(12-14-38)16-24(39)37(4)17-22(29)18-5-8-20(31)9-6-18/h5-10,15,22,25H,11-14,16-17H2,1-4H3,(H,36,40)/t22?,25-/m1/s1. The summed E-state index contributed by atoms with van der Waals surface area (Å²) >= 11 is 0. The molecule has 2 atom stereocenters. The maximum Gasteiger partial charge on any atom is 0.416 e. The third kappa shape index (κ3) is 6.38. The monoisotopic (exact) mass is 579 g/mol. The van der Waals surface area contributed by atoms with Gasteiger partial charge in [-0.3, -0.25) is 14.4 Å². The Hall–Kier alpha value is -3.50. The molecule has 2 fully saturated rings. The fraction of sp³-hybridized carbons (Fsp3) is 0.500. The Kier molecular flexibility index (Phi) is 8.21. The maximum absolute atomic E-state index is 14.4. The Balaban J connectivity index is 1.54. The average Bonchev–Trinajstić information content (AvgIpc) is 2.89. The highest BCUT2D eigenvalue weighted by atomic mass is 19.4. The van der Waals surface area contributed by atoms with Gasteiger partial charge in [0.25, 0.3) is 5.91 Å². The van der Waals surface area contributed by atoms with Gasteiger partial charge in [-0.05, 0) is 59.6 Å². The minimum atomic E-state index is -4.77. The van der Waals surface area contributed by atoms with Crippen molar-refractivity contribution in [1.82, 2.24) is 15.1 Å². The average molecular weight is 580 g/mol. The summed E-state index contributed by atoms with van der Waals surface area (Å²) in [6, 6.07) is 6.65. The SMILES string of the molecule is CN1CC(c2ccc(F)cc2)C2(CCN(C(=O)[C@@H](NC(=O)c3cc(C(F)(F)F)ccc3F)C(C)(C)C)CC2)CC1=O. The molecule has 0 radical (unpaired) electrons. The number of nitrogens with one attached hydrogen (secondary N) is 1. The van der Waals surface area contributed by atoms with E-state index in [2.05, 4.69) is 5.32 Å². The molecule has 1 N–H and O–H groups in total. The number of carbonyl (C=O) groups excluding carboxylic acids is 3. The van der Waals surface area contributed by atoms with Gasteiger partial charge in [0.05, 0.1) is 11.1 Å². The van der Waals surface area contributed by atoms with Gasteiger partial charge in [-0.15, -0.1) is 0 Å². The van der Waals surface area contributed by atoms with Crippen LogP contribution in [0.4, 0.5) is 22.0 Å². The van der Waals surface area contributed by atoms with Crippen LogP contribution in [-0.4, -0.2) is 60.2 Å². The highest BCUT2D eigenvalue weighted by Crippen LogP contribution is 2.50. The number of likely N-dealkylation sites (N-methyl/N-ethyl adjacent to an activating group) is 1. The molecule has 2 saturated heterocycles. The fourth-order valence-corrected chi connectivity index (χ4v) is 5.90. The van der Waals surface area contributed by atoms with Crippen molar-refractivity contribution in [2.75, 3.05) is 26.7 Å².